The van der Waals surface area contributed by atoms with Crippen molar-refractivity contribution in [3.05, 3.63) is 12.7 Å². The summed E-state index contributed by atoms with van der Waals surface area (Å²) in [5.41, 5.74) is -1.48. The molecule has 0 bridgehead atoms. The van der Waals surface area contributed by atoms with Crippen molar-refractivity contribution < 1.29 is 22.5 Å². The zero-order chi connectivity index (χ0) is 10.5. The third-order valence-electron chi connectivity index (χ3n) is 1.27. The third kappa shape index (κ3) is 7.10. The van der Waals surface area contributed by atoms with Crippen LogP contribution in [-0.4, -0.2) is 75.8 Å². The summed E-state index contributed by atoms with van der Waals surface area (Å²) >= 11 is 0. The fourth-order valence-corrected chi connectivity index (χ4v) is 1.43. The van der Waals surface area contributed by atoms with Crippen molar-refractivity contribution in [2.75, 3.05) is 0 Å². The number of esters is 1. The Balaban J connectivity index is 0. The molecule has 0 heterocycles. The van der Waals surface area contributed by atoms with E-state index in [1.807, 2.05) is 0 Å². The van der Waals surface area contributed by atoms with Crippen LogP contribution in [0.2, 0.25) is 0 Å². The Bertz CT molecular complexity index is 284. The molecule has 1 N–H and O–H groups in total. The Labute approximate surface area is 126 Å². The van der Waals surface area contributed by atoms with E-state index in [2.05, 4.69) is 11.3 Å². The fourth-order valence-electron chi connectivity index (χ4n) is 0.682. The molecule has 0 radical (unpaired) electrons. The zero-order valence-corrected chi connectivity index (χ0v) is 8.08. The van der Waals surface area contributed by atoms with Crippen LogP contribution in [-0.2, 0) is 19.6 Å². The van der Waals surface area contributed by atoms with Crippen molar-refractivity contribution >= 4 is 67.5 Å². The van der Waals surface area contributed by atoms with Crippen LogP contribution in [0.15, 0.2) is 12.7 Å². The molecule has 14 heavy (non-hydrogen) atoms. The number of carbonyl (C=O) groups is 1. The van der Waals surface area contributed by atoms with E-state index in [0.717, 1.165) is 6.08 Å². The van der Waals surface area contributed by atoms with Gasteiger partial charge in [-0.05, 0) is 0 Å². The van der Waals surface area contributed by atoms with E-state index in [1.54, 1.807) is 6.92 Å². The maximum atomic E-state index is 10.6. The molecule has 0 aliphatic rings. The Kier molecular flexibility index (Phi) is 9.77. The van der Waals surface area contributed by atoms with Crippen LogP contribution in [0.5, 0.6) is 0 Å². The average molecular weight is 248 g/mol. The molecule has 0 aromatic carbocycles. The van der Waals surface area contributed by atoms with Gasteiger partial charge < -0.3 is 4.74 Å². The number of hydrogen-bond donors (Lipinski definition) is 1. The van der Waals surface area contributed by atoms with E-state index < -0.39 is 21.5 Å². The van der Waals surface area contributed by atoms with Gasteiger partial charge in [-0.15, -0.1) is 0 Å². The molecule has 0 aliphatic carbocycles. The summed E-state index contributed by atoms with van der Waals surface area (Å²) in [6.45, 7) is 4.81. The number of ether oxygens (including phenoxy) is 1. The maximum absolute atomic E-state index is 10.6. The predicted octanol–water partition coefficient (Wildman–Crippen LogP) is 0.0811. The summed E-state index contributed by atoms with van der Waals surface area (Å²) in [4.78, 5) is 10.6. The van der Waals surface area contributed by atoms with Gasteiger partial charge in [-0.25, -0.2) is 4.79 Å². The van der Waals surface area contributed by atoms with E-state index in [1.165, 1.54) is 0 Å². The average Bonchev–Trinajstić information content (AvgIpc) is 2.01. The van der Waals surface area contributed by atoms with Crippen LogP contribution in [0.25, 0.3) is 0 Å². The predicted molar refractivity (Wildman–Crippen MR) is 53.7 cm³/mol. The third-order valence-corrected chi connectivity index (χ3v) is 2.27. The first-order valence-electron chi connectivity index (χ1n) is 3.71. The molecule has 78 valence electrons. The van der Waals surface area contributed by atoms with Gasteiger partial charge >= 0.3 is 67.5 Å². The molecule has 0 saturated carbocycles. The van der Waals surface area contributed by atoms with Crippen molar-refractivity contribution in [3.63, 3.8) is 0 Å². The molecule has 0 aromatic rings. The Hall–Kier alpha value is 0.756. The second kappa shape index (κ2) is 7.97. The zero-order valence-electron chi connectivity index (χ0n) is 7.26. The van der Waals surface area contributed by atoms with Gasteiger partial charge in [0.05, 0.1) is 0 Å². The number of rotatable bonds is 5. The first-order valence-corrected chi connectivity index (χ1v) is 5.21. The van der Waals surface area contributed by atoms with E-state index >= 15 is 0 Å². The summed E-state index contributed by atoms with van der Waals surface area (Å²) in [6.07, 6.45) is 1.39. The van der Waals surface area contributed by atoms with Gasteiger partial charge in [0.25, 0.3) is 0 Å². The van der Waals surface area contributed by atoms with Crippen LogP contribution < -0.4 is 0 Å². The van der Waals surface area contributed by atoms with Gasteiger partial charge in [0.1, 0.15) is 0 Å². The summed E-state index contributed by atoms with van der Waals surface area (Å²) in [5, 5.41) is 0. The number of hydrogen-bond acceptors (Lipinski definition) is 4. The SMILES string of the molecule is C=CC(=O)OC(CCC)S(=O)(=O)O.[KH]. The Morgan fingerprint density at radius 1 is 1.64 bits per heavy atom. The molecule has 0 fully saturated rings. The molecular formula is C7H13KO5S. The second-order valence-electron chi connectivity index (χ2n) is 2.37. The van der Waals surface area contributed by atoms with Gasteiger partial charge in [-0.1, -0.05) is 19.9 Å². The Morgan fingerprint density at radius 2 is 2.14 bits per heavy atom. The molecule has 0 rings (SSSR count). The van der Waals surface area contributed by atoms with E-state index in [-0.39, 0.29) is 57.8 Å². The number of carbonyl (C=O) groups excluding carboxylic acids is 1. The molecule has 0 aromatic heterocycles. The van der Waals surface area contributed by atoms with Crippen LogP contribution in [0.4, 0.5) is 0 Å². The van der Waals surface area contributed by atoms with E-state index in [4.69, 9.17) is 4.55 Å². The van der Waals surface area contributed by atoms with Gasteiger partial charge in [0, 0.05) is 12.5 Å². The minimum absolute atomic E-state index is 0. The summed E-state index contributed by atoms with van der Waals surface area (Å²) in [6, 6.07) is 0. The van der Waals surface area contributed by atoms with Gasteiger partial charge in [-0.3, -0.25) is 4.55 Å². The molecule has 0 saturated heterocycles. The molecule has 0 aliphatic heterocycles. The minimum atomic E-state index is -4.32. The van der Waals surface area contributed by atoms with Crippen LogP contribution >= 0.6 is 0 Å². The first-order chi connectivity index (χ1) is 5.91. The standard InChI is InChI=1S/C7H12O5S.K.H/c1-3-5-7(13(9,10)11)12-6(8)4-2;;/h4,7H,2-3,5H2,1H3,(H,9,10,11);;. The summed E-state index contributed by atoms with van der Waals surface area (Å²) < 4.78 is 34.3. The topological polar surface area (TPSA) is 80.7 Å². The van der Waals surface area contributed by atoms with Crippen molar-refractivity contribution in [3.8, 4) is 0 Å². The second-order valence-corrected chi connectivity index (χ2v) is 3.93. The van der Waals surface area contributed by atoms with Crippen LogP contribution in [0.3, 0.4) is 0 Å². The van der Waals surface area contributed by atoms with Crippen molar-refractivity contribution in [2.24, 2.45) is 0 Å². The normalized spacial score (nSPS) is 12.4. The molecular weight excluding hydrogens is 235 g/mol. The van der Waals surface area contributed by atoms with Gasteiger partial charge in [0.2, 0.25) is 5.44 Å². The van der Waals surface area contributed by atoms with E-state index in [9.17, 15) is 13.2 Å². The molecule has 1 unspecified atom stereocenters. The molecule has 0 spiro atoms. The van der Waals surface area contributed by atoms with Crippen molar-refractivity contribution in [1.29, 1.82) is 0 Å². The Morgan fingerprint density at radius 3 is 2.43 bits per heavy atom. The van der Waals surface area contributed by atoms with Gasteiger partial charge in [-0.2, -0.15) is 8.42 Å². The van der Waals surface area contributed by atoms with Gasteiger partial charge in [0.15, 0.2) is 0 Å². The first kappa shape index (κ1) is 17.2. The van der Waals surface area contributed by atoms with Crippen molar-refractivity contribution in [1.82, 2.24) is 0 Å². The molecule has 0 amide bonds. The molecule has 1 atom stereocenters. The molecule has 5 nitrogen and oxygen atoms in total. The molecule has 7 heteroatoms. The fraction of sp³-hybridized carbons (Fsp3) is 0.571. The van der Waals surface area contributed by atoms with E-state index in [0.29, 0.717) is 6.42 Å². The summed E-state index contributed by atoms with van der Waals surface area (Å²) in [7, 11) is -4.32. The monoisotopic (exact) mass is 248 g/mol. The quantitative estimate of drug-likeness (QED) is 0.322. The van der Waals surface area contributed by atoms with Crippen molar-refractivity contribution in [2.45, 2.75) is 25.2 Å². The summed E-state index contributed by atoms with van der Waals surface area (Å²) in [5.74, 6) is -0.865. The van der Waals surface area contributed by atoms with Crippen LogP contribution in [0, 0.1) is 0 Å². The van der Waals surface area contributed by atoms with Crippen LogP contribution in [0.1, 0.15) is 19.8 Å².